The number of carbonyl (C=O) groups is 1. The number of carbonyl (C=O) groups excluding carboxylic acids is 1. The van der Waals surface area contributed by atoms with Gasteiger partial charge in [-0.2, -0.15) is 0 Å². The second-order valence-corrected chi connectivity index (χ2v) is 5.04. The van der Waals surface area contributed by atoms with Crippen LogP contribution in [0.5, 0.6) is 0 Å². The van der Waals surface area contributed by atoms with E-state index in [-0.39, 0.29) is 11.6 Å². The van der Waals surface area contributed by atoms with Crippen LogP contribution in [0.15, 0.2) is 30.5 Å². The number of hydrogen-bond acceptors (Lipinski definition) is 1. The zero-order valence-electron chi connectivity index (χ0n) is 11.2. The van der Waals surface area contributed by atoms with Gasteiger partial charge in [0, 0.05) is 30.3 Å². The molecule has 0 spiro atoms. The molecule has 3 heteroatoms. The van der Waals surface area contributed by atoms with E-state index in [2.05, 4.69) is 11.8 Å². The summed E-state index contributed by atoms with van der Waals surface area (Å²) in [4.78, 5) is 11.8. The molecule has 100 valence electrons. The quantitative estimate of drug-likeness (QED) is 0.671. The topological polar surface area (TPSA) is 22.0 Å². The summed E-state index contributed by atoms with van der Waals surface area (Å²) in [6.07, 6.45) is 3.39. The predicted molar refractivity (Wildman–Crippen MR) is 75.1 cm³/mol. The van der Waals surface area contributed by atoms with Crippen LogP contribution in [0.1, 0.15) is 40.0 Å². The lowest BCUT2D eigenvalue weighted by molar-refractivity contribution is 0.0955. The molecule has 1 aliphatic rings. The van der Waals surface area contributed by atoms with Gasteiger partial charge in [-0.25, -0.2) is 4.39 Å². The molecule has 0 saturated heterocycles. The van der Waals surface area contributed by atoms with Crippen molar-refractivity contribution in [2.24, 2.45) is 0 Å². The molecule has 2 heterocycles. The zero-order chi connectivity index (χ0) is 14.1. The molecule has 0 N–H and O–H groups in total. The molecule has 0 saturated carbocycles. The Morgan fingerprint density at radius 1 is 1.25 bits per heavy atom. The fraction of sp³-hybridized carbons (Fsp3) is 0.235. The van der Waals surface area contributed by atoms with E-state index < -0.39 is 0 Å². The Morgan fingerprint density at radius 2 is 2.10 bits per heavy atom. The van der Waals surface area contributed by atoms with Gasteiger partial charge in [-0.15, -0.1) is 0 Å². The van der Waals surface area contributed by atoms with Gasteiger partial charge in [0.05, 0.1) is 5.69 Å². The lowest BCUT2D eigenvalue weighted by atomic mass is 10.1. The van der Waals surface area contributed by atoms with E-state index in [0.717, 1.165) is 29.8 Å². The fourth-order valence-corrected chi connectivity index (χ4v) is 2.41. The minimum absolute atomic E-state index is 0.172. The minimum Gasteiger partial charge on any atom is -0.344 e. The molecule has 2 aromatic rings. The maximum atomic E-state index is 13.2. The van der Waals surface area contributed by atoms with Gasteiger partial charge < -0.3 is 4.57 Å². The van der Waals surface area contributed by atoms with E-state index in [1.54, 1.807) is 6.07 Å². The van der Waals surface area contributed by atoms with E-state index in [0.29, 0.717) is 12.0 Å². The summed E-state index contributed by atoms with van der Waals surface area (Å²) in [5.41, 5.74) is 3.16. The number of Topliss-reactive ketones (excluding diaryl/α,β-unsaturated/α-hetero) is 1. The molecule has 1 aliphatic heterocycles. The molecule has 0 radical (unpaired) electrons. The number of fused-ring (bicyclic) bond motifs is 1. The number of halogens is 1. The zero-order valence-corrected chi connectivity index (χ0v) is 11.2. The predicted octanol–water partition coefficient (Wildman–Crippen LogP) is 3.31. The van der Waals surface area contributed by atoms with E-state index in [1.165, 1.54) is 12.1 Å². The first kappa shape index (κ1) is 12.7. The SMILES string of the molecule is Cc1ccc(F)cc1C#Cc1cc2n(c1)CCCC2=O. The molecule has 0 fully saturated rings. The third kappa shape index (κ3) is 2.37. The number of nitrogens with zero attached hydrogens (tertiary/aromatic N) is 1. The second-order valence-electron chi connectivity index (χ2n) is 5.04. The van der Waals surface area contributed by atoms with Gasteiger partial charge in [-0.1, -0.05) is 17.9 Å². The monoisotopic (exact) mass is 267 g/mol. The number of rotatable bonds is 0. The Balaban J connectivity index is 1.95. The van der Waals surface area contributed by atoms with Crippen LogP contribution in [0, 0.1) is 24.6 Å². The number of aromatic nitrogens is 1. The molecule has 3 rings (SSSR count). The van der Waals surface area contributed by atoms with Crippen LogP contribution in [-0.4, -0.2) is 10.4 Å². The van der Waals surface area contributed by atoms with Crippen molar-refractivity contribution < 1.29 is 9.18 Å². The molecule has 0 amide bonds. The van der Waals surface area contributed by atoms with Crippen molar-refractivity contribution in [3.05, 3.63) is 58.7 Å². The molecule has 0 bridgehead atoms. The molecule has 1 aromatic heterocycles. The van der Waals surface area contributed by atoms with Gasteiger partial charge in [0.25, 0.3) is 0 Å². The van der Waals surface area contributed by atoms with Gasteiger partial charge in [-0.3, -0.25) is 4.79 Å². The molecular formula is C17H14FNO. The fourth-order valence-electron chi connectivity index (χ4n) is 2.41. The highest BCUT2D eigenvalue weighted by molar-refractivity contribution is 5.95. The Bertz CT molecular complexity index is 746. The summed E-state index contributed by atoms with van der Waals surface area (Å²) in [6, 6.07) is 6.40. The van der Waals surface area contributed by atoms with Gasteiger partial charge >= 0.3 is 0 Å². The number of hydrogen-bond donors (Lipinski definition) is 0. The lowest BCUT2D eigenvalue weighted by Gasteiger charge is -2.12. The summed E-state index contributed by atoms with van der Waals surface area (Å²) in [5, 5.41) is 0. The molecule has 0 aliphatic carbocycles. The van der Waals surface area contributed by atoms with Crippen molar-refractivity contribution >= 4 is 5.78 Å². The molecule has 20 heavy (non-hydrogen) atoms. The van der Waals surface area contributed by atoms with Crippen molar-refractivity contribution in [2.45, 2.75) is 26.3 Å². The highest BCUT2D eigenvalue weighted by Crippen LogP contribution is 2.18. The number of aryl methyl sites for hydroxylation is 2. The van der Waals surface area contributed by atoms with Crippen molar-refractivity contribution in [3.63, 3.8) is 0 Å². The van der Waals surface area contributed by atoms with Gasteiger partial charge in [0.15, 0.2) is 5.78 Å². The Kier molecular flexibility index (Phi) is 3.15. The van der Waals surface area contributed by atoms with Crippen LogP contribution < -0.4 is 0 Å². The smallest absolute Gasteiger partial charge is 0.179 e. The second kappa shape index (κ2) is 4.97. The van der Waals surface area contributed by atoms with E-state index in [1.807, 2.05) is 23.8 Å². The van der Waals surface area contributed by atoms with E-state index in [9.17, 15) is 9.18 Å². The van der Waals surface area contributed by atoms with Crippen LogP contribution >= 0.6 is 0 Å². The van der Waals surface area contributed by atoms with Crippen LogP contribution in [0.4, 0.5) is 4.39 Å². The third-order valence-electron chi connectivity index (χ3n) is 3.53. The highest BCUT2D eigenvalue weighted by Gasteiger charge is 2.17. The molecule has 0 unspecified atom stereocenters. The average Bonchev–Trinajstić information content (AvgIpc) is 2.84. The average molecular weight is 267 g/mol. The Morgan fingerprint density at radius 3 is 2.90 bits per heavy atom. The van der Waals surface area contributed by atoms with Crippen LogP contribution in [0.3, 0.4) is 0 Å². The summed E-state index contributed by atoms with van der Waals surface area (Å²) >= 11 is 0. The molecular weight excluding hydrogens is 253 g/mol. The van der Waals surface area contributed by atoms with Crippen LogP contribution in [0.25, 0.3) is 0 Å². The van der Waals surface area contributed by atoms with Crippen molar-refractivity contribution in [1.82, 2.24) is 4.57 Å². The van der Waals surface area contributed by atoms with Crippen molar-refractivity contribution in [2.75, 3.05) is 0 Å². The lowest BCUT2D eigenvalue weighted by Crippen LogP contribution is -2.14. The first-order valence-corrected chi connectivity index (χ1v) is 6.65. The maximum Gasteiger partial charge on any atom is 0.179 e. The highest BCUT2D eigenvalue weighted by atomic mass is 19.1. The molecule has 2 nitrogen and oxygen atoms in total. The van der Waals surface area contributed by atoms with Gasteiger partial charge in [-0.05, 0) is 37.1 Å². The first-order valence-electron chi connectivity index (χ1n) is 6.65. The summed E-state index contributed by atoms with van der Waals surface area (Å²) in [7, 11) is 0. The van der Waals surface area contributed by atoms with Gasteiger partial charge in [0.1, 0.15) is 5.82 Å². The van der Waals surface area contributed by atoms with Crippen molar-refractivity contribution in [1.29, 1.82) is 0 Å². The van der Waals surface area contributed by atoms with E-state index in [4.69, 9.17) is 0 Å². The normalized spacial score (nSPS) is 13.6. The van der Waals surface area contributed by atoms with Gasteiger partial charge in [0.2, 0.25) is 0 Å². The van der Waals surface area contributed by atoms with E-state index >= 15 is 0 Å². The summed E-state index contributed by atoms with van der Waals surface area (Å²) in [5.74, 6) is 5.88. The number of ketones is 1. The third-order valence-corrected chi connectivity index (χ3v) is 3.53. The summed E-state index contributed by atoms with van der Waals surface area (Å²) in [6.45, 7) is 2.76. The standard InChI is InChI=1S/C17H14FNO/c1-12-4-7-15(18)10-14(12)6-5-13-9-16-17(20)3-2-8-19(16)11-13/h4,7,9-11H,2-3,8H2,1H3. The minimum atomic E-state index is -0.286. The first-order chi connectivity index (χ1) is 9.63. The Labute approximate surface area is 117 Å². The van der Waals surface area contributed by atoms with Crippen LogP contribution in [0.2, 0.25) is 0 Å². The molecule has 0 atom stereocenters. The van der Waals surface area contributed by atoms with Crippen molar-refractivity contribution in [3.8, 4) is 11.8 Å². The number of benzene rings is 1. The largest absolute Gasteiger partial charge is 0.344 e. The van der Waals surface area contributed by atoms with Crippen LogP contribution in [-0.2, 0) is 6.54 Å². The molecule has 1 aromatic carbocycles. The Hall–Kier alpha value is -2.34. The maximum absolute atomic E-state index is 13.2. The summed E-state index contributed by atoms with van der Waals surface area (Å²) < 4.78 is 15.1.